The van der Waals surface area contributed by atoms with Gasteiger partial charge in [0.1, 0.15) is 0 Å². The third-order valence-electron chi connectivity index (χ3n) is 1.86. The Labute approximate surface area is 85.1 Å². The van der Waals surface area contributed by atoms with E-state index in [0.717, 1.165) is 4.90 Å². The molecule has 78 valence electrons. The van der Waals surface area contributed by atoms with Crippen LogP contribution in [0.15, 0.2) is 16.8 Å². The van der Waals surface area contributed by atoms with Crippen LogP contribution in [-0.4, -0.2) is 28.9 Å². The summed E-state index contributed by atoms with van der Waals surface area (Å²) in [7, 11) is 1.28. The number of hydrogen-bond donors (Lipinski definition) is 0. The van der Waals surface area contributed by atoms with Gasteiger partial charge >= 0.3 is 6.18 Å². The number of halogens is 3. The van der Waals surface area contributed by atoms with Crippen molar-refractivity contribution in [2.24, 2.45) is 4.99 Å². The van der Waals surface area contributed by atoms with Crippen LogP contribution in [0.2, 0.25) is 0 Å². The fraction of sp³-hybridized carbons (Fsp3) is 0.500. The number of rotatable bonds is 0. The van der Waals surface area contributed by atoms with E-state index in [9.17, 15) is 13.2 Å². The maximum Gasteiger partial charge on any atom is 0.449 e. The summed E-state index contributed by atoms with van der Waals surface area (Å²) in [5.74, 6) is -0.943. The van der Waals surface area contributed by atoms with Crippen LogP contribution in [0.5, 0.6) is 0 Å². The molecule has 1 heterocycles. The molecule has 0 saturated carbocycles. The lowest BCUT2D eigenvalue weighted by atomic mass is 10.2. The molecule has 0 spiro atoms. The second-order valence-corrected chi connectivity index (χ2v) is 3.31. The highest BCUT2D eigenvalue weighted by atomic mass is 32.1. The Balaban J connectivity index is 3.13. The predicted molar refractivity (Wildman–Crippen MR) is 52.2 cm³/mol. The molecule has 0 amide bonds. The minimum atomic E-state index is -4.45. The summed E-state index contributed by atoms with van der Waals surface area (Å²) >= 11 is 4.82. The van der Waals surface area contributed by atoms with Crippen molar-refractivity contribution in [1.29, 1.82) is 0 Å². The maximum atomic E-state index is 12.4. The van der Waals surface area contributed by atoms with E-state index >= 15 is 0 Å². The molecular formula is C8H9F3N2S. The molecule has 0 aromatic carbocycles. The number of nitrogens with zero attached hydrogens (tertiary/aromatic N) is 2. The number of alkyl halides is 3. The summed E-state index contributed by atoms with van der Waals surface area (Å²) in [6.45, 7) is 1.64. The van der Waals surface area contributed by atoms with Crippen LogP contribution in [0.4, 0.5) is 13.2 Å². The summed E-state index contributed by atoms with van der Waals surface area (Å²) in [5, 5.41) is 0. The second kappa shape index (κ2) is 3.68. The van der Waals surface area contributed by atoms with Crippen LogP contribution in [-0.2, 0) is 0 Å². The molecule has 0 radical (unpaired) electrons. The van der Waals surface area contributed by atoms with Gasteiger partial charge in [0.25, 0.3) is 0 Å². The molecule has 6 heteroatoms. The van der Waals surface area contributed by atoms with Gasteiger partial charge in [0.2, 0.25) is 5.84 Å². The van der Waals surface area contributed by atoms with Gasteiger partial charge < -0.3 is 4.90 Å². The van der Waals surface area contributed by atoms with E-state index in [0.29, 0.717) is 12.1 Å². The molecule has 2 nitrogen and oxygen atoms in total. The minimum absolute atomic E-state index is 0.237. The zero-order valence-electron chi connectivity index (χ0n) is 7.72. The third kappa shape index (κ3) is 2.12. The van der Waals surface area contributed by atoms with Gasteiger partial charge in [-0.1, -0.05) is 18.3 Å². The highest BCUT2D eigenvalue weighted by Crippen LogP contribution is 2.25. The number of hydrogen-bond acceptors (Lipinski definition) is 2. The molecule has 14 heavy (non-hydrogen) atoms. The molecule has 0 aromatic rings. The Morgan fingerprint density at radius 3 is 2.50 bits per heavy atom. The molecule has 0 saturated heterocycles. The molecule has 0 fully saturated rings. The first-order chi connectivity index (χ1) is 6.36. The predicted octanol–water partition coefficient (Wildman–Crippen LogP) is 2.51. The van der Waals surface area contributed by atoms with Crippen molar-refractivity contribution < 1.29 is 13.2 Å². The van der Waals surface area contributed by atoms with Crippen LogP contribution >= 0.6 is 12.2 Å². The molecule has 0 aromatic heterocycles. The van der Waals surface area contributed by atoms with Crippen molar-refractivity contribution in [3.05, 3.63) is 11.8 Å². The lowest BCUT2D eigenvalue weighted by molar-refractivity contribution is -0.0655. The van der Waals surface area contributed by atoms with Crippen LogP contribution in [0.25, 0.3) is 0 Å². The van der Waals surface area contributed by atoms with Crippen molar-refractivity contribution in [3.63, 3.8) is 0 Å². The first-order valence-electron chi connectivity index (χ1n) is 3.94. The quantitative estimate of drug-likeness (QED) is 0.585. The minimum Gasteiger partial charge on any atom is -0.319 e. The van der Waals surface area contributed by atoms with Gasteiger partial charge in [-0.15, -0.1) is 0 Å². The molecule has 1 aliphatic rings. The van der Waals surface area contributed by atoms with Gasteiger partial charge in [-0.3, -0.25) is 0 Å². The molecule has 0 N–H and O–H groups in total. The smallest absolute Gasteiger partial charge is 0.319 e. The number of amidine groups is 1. The molecule has 1 aliphatic heterocycles. The average Bonchev–Trinajstić information content (AvgIpc) is 2.07. The normalized spacial score (nSPS) is 21.5. The third-order valence-corrected chi connectivity index (χ3v) is 2.28. The summed E-state index contributed by atoms with van der Waals surface area (Å²) < 4.78 is 37.2. The van der Waals surface area contributed by atoms with Crippen molar-refractivity contribution in [1.82, 2.24) is 4.90 Å². The molecule has 0 atom stereocenters. The Morgan fingerprint density at radius 2 is 2.07 bits per heavy atom. The average molecular weight is 222 g/mol. The molecular weight excluding hydrogens is 213 g/mol. The van der Waals surface area contributed by atoms with E-state index in [4.69, 9.17) is 12.2 Å². The van der Waals surface area contributed by atoms with Gasteiger partial charge in [-0.25, -0.2) is 4.99 Å². The topological polar surface area (TPSA) is 15.6 Å². The SMILES string of the molecule is C/C=C1/CC(=S)N(C)C(C(F)(F)F)=N1. The highest BCUT2D eigenvalue weighted by Gasteiger charge is 2.41. The zero-order valence-corrected chi connectivity index (χ0v) is 8.54. The fourth-order valence-electron chi connectivity index (χ4n) is 1.06. The van der Waals surface area contributed by atoms with E-state index in [1.54, 1.807) is 6.92 Å². The van der Waals surface area contributed by atoms with Crippen LogP contribution in [0.3, 0.4) is 0 Å². The Hall–Kier alpha value is -0.910. The standard InChI is InChI=1S/C8H9F3N2S/c1-3-5-4-6(14)13(2)7(12-5)8(9,10)11/h3H,4H2,1-2H3/b5-3-. The van der Waals surface area contributed by atoms with E-state index in [-0.39, 0.29) is 4.99 Å². The van der Waals surface area contributed by atoms with Crippen molar-refractivity contribution in [3.8, 4) is 0 Å². The Morgan fingerprint density at radius 1 is 1.50 bits per heavy atom. The van der Waals surface area contributed by atoms with Gasteiger partial charge in [-0.2, -0.15) is 13.2 Å². The Kier molecular flexibility index (Phi) is 2.94. The highest BCUT2D eigenvalue weighted by molar-refractivity contribution is 7.80. The summed E-state index contributed by atoms with van der Waals surface area (Å²) in [6.07, 6.45) is -2.62. The zero-order chi connectivity index (χ0) is 10.9. The molecule has 0 aliphatic carbocycles. The number of allylic oxidation sites excluding steroid dienone is 1. The van der Waals surface area contributed by atoms with Crippen LogP contribution in [0, 0.1) is 0 Å². The first kappa shape index (κ1) is 11.2. The molecule has 1 rings (SSSR count). The summed E-state index contributed by atoms with van der Waals surface area (Å²) in [5.41, 5.74) is 0.362. The van der Waals surface area contributed by atoms with E-state index in [1.165, 1.54) is 13.1 Å². The van der Waals surface area contributed by atoms with Crippen molar-refractivity contribution >= 4 is 23.0 Å². The molecule has 0 bridgehead atoms. The van der Waals surface area contributed by atoms with E-state index in [2.05, 4.69) is 4.99 Å². The van der Waals surface area contributed by atoms with Crippen molar-refractivity contribution in [2.45, 2.75) is 19.5 Å². The largest absolute Gasteiger partial charge is 0.449 e. The monoisotopic (exact) mass is 222 g/mol. The molecule has 0 unspecified atom stereocenters. The maximum absolute atomic E-state index is 12.4. The van der Waals surface area contributed by atoms with Gasteiger partial charge in [0.05, 0.1) is 4.99 Å². The van der Waals surface area contributed by atoms with E-state index < -0.39 is 12.0 Å². The second-order valence-electron chi connectivity index (χ2n) is 2.84. The van der Waals surface area contributed by atoms with Crippen LogP contribution < -0.4 is 0 Å². The van der Waals surface area contributed by atoms with Gasteiger partial charge in [-0.05, 0) is 6.92 Å². The van der Waals surface area contributed by atoms with Gasteiger partial charge in [0, 0.05) is 19.2 Å². The summed E-state index contributed by atoms with van der Waals surface area (Å²) in [4.78, 5) is 4.64. The fourth-order valence-corrected chi connectivity index (χ4v) is 1.30. The summed E-state index contributed by atoms with van der Waals surface area (Å²) in [6, 6.07) is 0. The Bertz CT molecular complexity index is 317. The van der Waals surface area contributed by atoms with Crippen LogP contribution in [0.1, 0.15) is 13.3 Å². The van der Waals surface area contributed by atoms with Gasteiger partial charge in [0.15, 0.2) is 0 Å². The number of aliphatic imine (C=N–C) groups is 1. The van der Waals surface area contributed by atoms with Crippen molar-refractivity contribution in [2.75, 3.05) is 7.05 Å². The number of thiocarbonyl (C=S) groups is 1. The lowest BCUT2D eigenvalue weighted by Crippen LogP contribution is -2.44. The first-order valence-corrected chi connectivity index (χ1v) is 4.34. The lowest BCUT2D eigenvalue weighted by Gasteiger charge is -2.27. The van der Waals surface area contributed by atoms with E-state index in [1.807, 2.05) is 0 Å².